The van der Waals surface area contributed by atoms with Gasteiger partial charge in [0.25, 0.3) is 0 Å². The first-order chi connectivity index (χ1) is 28.6. The molecule has 0 aromatic rings. The van der Waals surface area contributed by atoms with Gasteiger partial charge in [0.05, 0.1) is 11.5 Å². The highest BCUT2D eigenvalue weighted by atomic mass is 16.8. The topological polar surface area (TPSA) is 293 Å². The normalized spacial score (nSPS) is 51.0. The van der Waals surface area contributed by atoms with Crippen LogP contribution in [0.15, 0.2) is 11.6 Å². The van der Waals surface area contributed by atoms with E-state index < -0.39 is 136 Å². The summed E-state index contributed by atoms with van der Waals surface area (Å²) in [6, 6.07) is 0. The number of hydrogen-bond acceptors (Lipinski definition) is 15. The van der Waals surface area contributed by atoms with E-state index in [-0.39, 0.29) is 24.0 Å². The third-order valence-corrected chi connectivity index (χ3v) is 17.6. The van der Waals surface area contributed by atoms with E-state index in [1.807, 2.05) is 13.8 Å². The number of carboxylic acids is 3. The van der Waals surface area contributed by atoms with Gasteiger partial charge in [0.2, 0.25) is 0 Å². The summed E-state index contributed by atoms with van der Waals surface area (Å²) in [5.74, 6) is -5.74. The van der Waals surface area contributed by atoms with Crippen LogP contribution in [-0.4, -0.2) is 144 Å². The first-order valence-corrected chi connectivity index (χ1v) is 21.7. The van der Waals surface area contributed by atoms with Gasteiger partial charge in [-0.2, -0.15) is 0 Å². The predicted molar refractivity (Wildman–Crippen MR) is 210 cm³/mol. The highest BCUT2D eigenvalue weighted by Gasteiger charge is 2.72. The lowest BCUT2D eigenvalue weighted by Gasteiger charge is -2.71. The zero-order valence-corrected chi connectivity index (χ0v) is 36.6. The van der Waals surface area contributed by atoms with E-state index in [1.54, 1.807) is 13.0 Å². The monoisotopic (exact) mass is 880 g/mol. The van der Waals surface area contributed by atoms with E-state index in [0.29, 0.717) is 44.9 Å². The average molecular weight is 881 g/mol. The maximum absolute atomic E-state index is 15.0. The molecule has 0 aromatic carbocycles. The van der Waals surface area contributed by atoms with Crippen molar-refractivity contribution < 1.29 is 88.5 Å². The van der Waals surface area contributed by atoms with Gasteiger partial charge in [0.1, 0.15) is 42.7 Å². The molecular formula is C44H64O18. The number of aliphatic hydroxyl groups is 5. The second kappa shape index (κ2) is 15.5. The lowest BCUT2D eigenvalue weighted by atomic mass is 9.33. The Bertz CT molecular complexity index is 1880. The van der Waals surface area contributed by atoms with Crippen LogP contribution in [-0.2, 0) is 47.7 Å². The minimum Gasteiger partial charge on any atom is -0.481 e. The van der Waals surface area contributed by atoms with E-state index in [0.717, 1.165) is 5.57 Å². The number of aliphatic hydroxyl groups excluding tert-OH is 5. The van der Waals surface area contributed by atoms with Crippen molar-refractivity contribution in [1.29, 1.82) is 0 Å². The van der Waals surface area contributed by atoms with Gasteiger partial charge >= 0.3 is 23.9 Å². The van der Waals surface area contributed by atoms with Crippen molar-refractivity contribution in [2.24, 2.45) is 50.2 Å². The van der Waals surface area contributed by atoms with Crippen LogP contribution < -0.4 is 0 Å². The quantitative estimate of drug-likeness (QED) is 0.127. The van der Waals surface area contributed by atoms with Crippen LogP contribution in [0, 0.1) is 50.2 Å². The summed E-state index contributed by atoms with van der Waals surface area (Å²) in [6.45, 7) is 15.6. The first kappa shape index (κ1) is 46.9. The first-order valence-electron chi connectivity index (χ1n) is 21.7. The molecule has 348 valence electrons. The smallest absolute Gasteiger partial charge is 0.335 e. The number of aliphatic carboxylic acids is 3. The second-order valence-corrected chi connectivity index (χ2v) is 21.3. The molecule has 2 unspecified atom stereocenters. The number of esters is 1. The molecule has 0 amide bonds. The number of ketones is 1. The van der Waals surface area contributed by atoms with Gasteiger partial charge in [-0.1, -0.05) is 47.1 Å². The molecule has 0 aromatic heterocycles. The number of fused-ring (bicyclic) bond motifs is 7. The van der Waals surface area contributed by atoms with E-state index in [9.17, 15) is 60.0 Å². The molecule has 8 N–H and O–H groups in total. The lowest BCUT2D eigenvalue weighted by Crippen LogP contribution is -2.68. The molecule has 6 fully saturated rings. The molecule has 7 rings (SSSR count). The van der Waals surface area contributed by atoms with Crippen molar-refractivity contribution in [3.63, 3.8) is 0 Å². The maximum Gasteiger partial charge on any atom is 0.335 e. The summed E-state index contributed by atoms with van der Waals surface area (Å²) < 4.78 is 29.3. The van der Waals surface area contributed by atoms with Crippen LogP contribution in [0.2, 0.25) is 0 Å². The summed E-state index contributed by atoms with van der Waals surface area (Å²) in [6.07, 6.45) is -15.5. The van der Waals surface area contributed by atoms with Gasteiger partial charge in [-0.3, -0.25) is 14.4 Å². The Labute approximate surface area is 359 Å². The molecule has 2 saturated heterocycles. The van der Waals surface area contributed by atoms with Gasteiger partial charge < -0.3 is 64.5 Å². The van der Waals surface area contributed by atoms with E-state index >= 15 is 4.79 Å². The van der Waals surface area contributed by atoms with Crippen LogP contribution >= 0.6 is 0 Å². The Balaban J connectivity index is 1.19. The molecule has 5 aliphatic carbocycles. The fourth-order valence-corrected chi connectivity index (χ4v) is 13.8. The van der Waals surface area contributed by atoms with Gasteiger partial charge in [0.15, 0.2) is 30.6 Å². The second-order valence-electron chi connectivity index (χ2n) is 21.3. The summed E-state index contributed by atoms with van der Waals surface area (Å²) in [5.41, 5.74) is -3.24. The van der Waals surface area contributed by atoms with Crippen LogP contribution in [0.4, 0.5) is 0 Å². The maximum atomic E-state index is 15.0. The molecule has 0 radical (unpaired) electrons. The zero-order valence-electron chi connectivity index (χ0n) is 36.6. The van der Waals surface area contributed by atoms with Crippen LogP contribution in [0.3, 0.4) is 0 Å². The Morgan fingerprint density at radius 3 is 1.85 bits per heavy atom. The molecule has 18 nitrogen and oxygen atoms in total. The Morgan fingerprint density at radius 1 is 0.677 bits per heavy atom. The average Bonchev–Trinajstić information content (AvgIpc) is 3.16. The Morgan fingerprint density at radius 2 is 1.27 bits per heavy atom. The molecule has 18 heteroatoms. The summed E-state index contributed by atoms with van der Waals surface area (Å²) in [5, 5.41) is 83.4. The van der Waals surface area contributed by atoms with Gasteiger partial charge in [-0.25, -0.2) is 9.59 Å². The molecule has 2 heterocycles. The number of allylic oxidation sites excluding steroid dienone is 2. The van der Waals surface area contributed by atoms with E-state index in [2.05, 4.69) is 27.7 Å². The Kier molecular flexibility index (Phi) is 11.8. The number of rotatable bonds is 8. The van der Waals surface area contributed by atoms with Crippen LogP contribution in [0.5, 0.6) is 0 Å². The van der Waals surface area contributed by atoms with Crippen LogP contribution in [0.1, 0.15) is 107 Å². The predicted octanol–water partition coefficient (Wildman–Crippen LogP) is 1.79. The van der Waals surface area contributed by atoms with Crippen molar-refractivity contribution in [1.82, 2.24) is 0 Å². The highest BCUT2D eigenvalue weighted by Crippen LogP contribution is 2.75. The van der Waals surface area contributed by atoms with Crippen LogP contribution in [0.25, 0.3) is 0 Å². The standard InChI is InChI=1S/C44H64O18/c1-18(45)58-24-17-40(4,38(56)57)16-20-19-15-21(46)33-42(6)11-10-23(39(2,3)22(42)9-12-44(33,8)43(19,7)14-13-41(20,24)5)59-37-32(28(50)27(49)31(61-37)35(54)55)62-36-29(51)25(47)26(48)30(60-36)34(52)53/h15,20,22-33,36-37,47-51H,9-14,16-17H2,1-8H3,(H,52,53)(H,54,55)(H,56,57)/t20-,22?,23-,24+,25-,26+,27-,28-,29+,30-,31-,32+,33?,36-,37+,40+,41+,42-,43+,44+/m0/s1. The fraction of sp³-hybridized carbons (Fsp3) is 0.841. The number of carbonyl (C=O) groups is 5. The summed E-state index contributed by atoms with van der Waals surface area (Å²) in [7, 11) is 0. The molecule has 62 heavy (non-hydrogen) atoms. The summed E-state index contributed by atoms with van der Waals surface area (Å²) >= 11 is 0. The molecule has 7 aliphatic rings. The SMILES string of the molecule is CC(=O)O[C@@H]1C[C@](C)(C(=O)O)C[C@H]2C3=CC(=O)C4[C@@]5(C)CC[C@H](O[C@@H]6O[C@H](C(=O)O)[C@@H](O)[C@H](O)[C@H]6O[C@@H]6O[C@H](C(=O)O)[C@H](O)[C@H](O)[C@H]6O)C(C)(C)C5CC[C@@]4(C)[C@]3(C)CC[C@@]12C. The van der Waals surface area contributed by atoms with Crippen molar-refractivity contribution in [3.8, 4) is 0 Å². The number of carboxylic acid groups (broad SMARTS) is 3. The lowest BCUT2D eigenvalue weighted by molar-refractivity contribution is -0.371. The Hall–Kier alpha value is -3.07. The van der Waals surface area contributed by atoms with Gasteiger partial charge in [-0.15, -0.1) is 0 Å². The molecular weight excluding hydrogens is 816 g/mol. The highest BCUT2D eigenvalue weighted by molar-refractivity contribution is 5.95. The van der Waals surface area contributed by atoms with Crippen molar-refractivity contribution in [2.45, 2.75) is 180 Å². The van der Waals surface area contributed by atoms with Crippen molar-refractivity contribution >= 4 is 29.7 Å². The number of carbonyl (C=O) groups excluding carboxylic acids is 2. The van der Waals surface area contributed by atoms with Gasteiger partial charge in [0, 0.05) is 24.7 Å². The van der Waals surface area contributed by atoms with E-state index in [4.69, 9.17) is 23.7 Å². The van der Waals surface area contributed by atoms with E-state index in [1.165, 1.54) is 6.92 Å². The molecule has 0 bridgehead atoms. The largest absolute Gasteiger partial charge is 0.481 e. The molecule has 4 saturated carbocycles. The molecule has 20 atom stereocenters. The minimum absolute atomic E-state index is 0.0401. The molecule has 2 aliphatic heterocycles. The van der Waals surface area contributed by atoms with Crippen molar-refractivity contribution in [2.75, 3.05) is 0 Å². The third-order valence-electron chi connectivity index (χ3n) is 17.6. The fourth-order valence-electron chi connectivity index (χ4n) is 13.8. The summed E-state index contributed by atoms with van der Waals surface area (Å²) in [4.78, 5) is 64.2. The number of hydrogen-bond donors (Lipinski definition) is 8. The third kappa shape index (κ3) is 6.88. The van der Waals surface area contributed by atoms with Crippen molar-refractivity contribution in [3.05, 3.63) is 11.6 Å². The number of ether oxygens (including phenoxy) is 5. The minimum atomic E-state index is -2.07. The zero-order chi connectivity index (χ0) is 46.0. The van der Waals surface area contributed by atoms with Gasteiger partial charge in [-0.05, 0) is 91.4 Å². The molecule has 0 spiro atoms.